The van der Waals surface area contributed by atoms with Gasteiger partial charge in [0.2, 0.25) is 0 Å². The molecule has 3 rings (SSSR count). The lowest BCUT2D eigenvalue weighted by atomic mass is 10.0. The van der Waals surface area contributed by atoms with E-state index in [2.05, 4.69) is 22.1 Å². The van der Waals surface area contributed by atoms with Gasteiger partial charge in [0.1, 0.15) is 0 Å². The third kappa shape index (κ3) is 2.75. The van der Waals surface area contributed by atoms with Crippen LogP contribution in [0.2, 0.25) is 10.0 Å². The Morgan fingerprint density at radius 2 is 1.89 bits per heavy atom. The van der Waals surface area contributed by atoms with Crippen LogP contribution >= 0.6 is 23.2 Å². The van der Waals surface area contributed by atoms with Crippen LogP contribution in [0.1, 0.15) is 11.1 Å². The molecule has 0 aliphatic rings. The van der Waals surface area contributed by atoms with E-state index in [1.165, 1.54) is 5.56 Å². The highest BCUT2D eigenvalue weighted by Crippen LogP contribution is 2.22. The van der Waals surface area contributed by atoms with Gasteiger partial charge in [0, 0.05) is 10.0 Å². The summed E-state index contributed by atoms with van der Waals surface area (Å²) in [7, 11) is 0. The number of nitrogens with zero attached hydrogens (tertiary/aromatic N) is 1. The van der Waals surface area contributed by atoms with Crippen molar-refractivity contribution in [2.24, 2.45) is 0 Å². The summed E-state index contributed by atoms with van der Waals surface area (Å²) in [6, 6.07) is 11.8. The summed E-state index contributed by atoms with van der Waals surface area (Å²) in [5.41, 5.74) is 4.39. The lowest BCUT2D eigenvalue weighted by Crippen LogP contribution is -1.92. The number of hydrogen-bond acceptors (Lipinski definition) is 1. The number of aryl methyl sites for hydroxylation is 2. The largest absolute Gasteiger partial charge is 0.345 e. The first-order valence-electron chi connectivity index (χ1n) is 6.08. The molecule has 1 aromatic heterocycles. The summed E-state index contributed by atoms with van der Waals surface area (Å²) in [6.45, 7) is 0. The number of rotatable bonds is 3. The summed E-state index contributed by atoms with van der Waals surface area (Å²) in [4.78, 5) is 7.33. The van der Waals surface area contributed by atoms with Crippen molar-refractivity contribution in [2.45, 2.75) is 12.8 Å². The minimum Gasteiger partial charge on any atom is -0.345 e. The maximum absolute atomic E-state index is 6.17. The van der Waals surface area contributed by atoms with Crippen molar-refractivity contribution >= 4 is 34.2 Å². The van der Waals surface area contributed by atoms with Crippen LogP contribution < -0.4 is 0 Å². The molecule has 0 aliphatic carbocycles. The highest BCUT2D eigenvalue weighted by molar-refractivity contribution is 6.33. The number of aromatic nitrogens is 2. The lowest BCUT2D eigenvalue weighted by molar-refractivity contribution is 0.962. The smallest absolute Gasteiger partial charge is 0.0931 e. The first-order valence-corrected chi connectivity index (χ1v) is 6.84. The van der Waals surface area contributed by atoms with Gasteiger partial charge in [-0.05, 0) is 54.3 Å². The van der Waals surface area contributed by atoms with Gasteiger partial charge in [-0.25, -0.2) is 4.98 Å². The zero-order chi connectivity index (χ0) is 13.2. The van der Waals surface area contributed by atoms with Gasteiger partial charge in [0.15, 0.2) is 0 Å². The number of H-pyrrole nitrogens is 1. The number of fused-ring (bicyclic) bond motifs is 1. The Balaban J connectivity index is 1.79. The Kier molecular flexibility index (Phi) is 3.45. The fourth-order valence-corrected chi connectivity index (χ4v) is 2.56. The number of hydrogen-bond donors (Lipinski definition) is 1. The van der Waals surface area contributed by atoms with Gasteiger partial charge in [-0.3, -0.25) is 0 Å². The Bertz CT molecular complexity index is 719. The molecule has 2 nitrogen and oxygen atoms in total. The molecule has 0 saturated heterocycles. The van der Waals surface area contributed by atoms with Gasteiger partial charge in [-0.1, -0.05) is 29.3 Å². The van der Waals surface area contributed by atoms with E-state index in [4.69, 9.17) is 23.2 Å². The highest BCUT2D eigenvalue weighted by atomic mass is 35.5. The molecule has 0 aliphatic heterocycles. The van der Waals surface area contributed by atoms with Crippen LogP contribution in [-0.2, 0) is 12.8 Å². The Morgan fingerprint density at radius 1 is 1.00 bits per heavy atom. The first kappa shape index (κ1) is 12.5. The Labute approximate surface area is 121 Å². The van der Waals surface area contributed by atoms with Crippen LogP contribution in [0, 0.1) is 0 Å². The van der Waals surface area contributed by atoms with Gasteiger partial charge < -0.3 is 4.98 Å². The summed E-state index contributed by atoms with van der Waals surface area (Å²) in [6.07, 6.45) is 3.51. The number of imidazole rings is 1. The molecule has 2 aromatic carbocycles. The van der Waals surface area contributed by atoms with E-state index in [9.17, 15) is 0 Å². The number of aromatic amines is 1. The maximum atomic E-state index is 6.17. The molecule has 0 fully saturated rings. The zero-order valence-corrected chi connectivity index (χ0v) is 11.7. The first-order chi connectivity index (χ1) is 9.22. The molecule has 0 atom stereocenters. The van der Waals surface area contributed by atoms with Crippen LogP contribution in [0.25, 0.3) is 11.0 Å². The molecule has 0 saturated carbocycles. The van der Waals surface area contributed by atoms with Crippen molar-refractivity contribution in [3.8, 4) is 0 Å². The number of benzene rings is 2. The molecule has 0 spiro atoms. The average molecular weight is 291 g/mol. The van der Waals surface area contributed by atoms with Crippen molar-refractivity contribution < 1.29 is 0 Å². The van der Waals surface area contributed by atoms with Crippen molar-refractivity contribution in [2.75, 3.05) is 0 Å². The van der Waals surface area contributed by atoms with Gasteiger partial charge >= 0.3 is 0 Å². The number of nitrogens with one attached hydrogen (secondary N) is 1. The van der Waals surface area contributed by atoms with Gasteiger partial charge in [-0.2, -0.15) is 0 Å². The molecule has 3 aromatic rings. The molecule has 1 N–H and O–H groups in total. The summed E-state index contributed by atoms with van der Waals surface area (Å²) < 4.78 is 0. The van der Waals surface area contributed by atoms with Crippen LogP contribution in [-0.4, -0.2) is 9.97 Å². The second-order valence-corrected chi connectivity index (χ2v) is 5.33. The van der Waals surface area contributed by atoms with E-state index in [0.29, 0.717) is 0 Å². The monoisotopic (exact) mass is 290 g/mol. The molecule has 0 unspecified atom stereocenters. The molecule has 0 radical (unpaired) electrons. The predicted octanol–water partition coefficient (Wildman–Crippen LogP) is 4.65. The molecule has 0 bridgehead atoms. The van der Waals surface area contributed by atoms with E-state index in [1.807, 2.05) is 24.3 Å². The molecule has 4 heteroatoms. The van der Waals surface area contributed by atoms with Crippen molar-refractivity contribution in [1.82, 2.24) is 9.97 Å². The normalized spacial score (nSPS) is 11.1. The van der Waals surface area contributed by atoms with E-state index >= 15 is 0 Å². The van der Waals surface area contributed by atoms with Gasteiger partial charge in [0.05, 0.1) is 17.4 Å². The average Bonchev–Trinajstić information content (AvgIpc) is 2.87. The standard InChI is InChI=1S/C15H12Cl2N2/c16-12-4-5-13(17)11(8-12)3-1-10-2-6-14-15(7-10)19-9-18-14/h2,4-9H,1,3H2,(H,18,19). The molecule has 96 valence electrons. The van der Waals surface area contributed by atoms with Crippen molar-refractivity contribution in [3.05, 3.63) is 63.9 Å². The number of halogens is 2. The topological polar surface area (TPSA) is 28.7 Å². The highest BCUT2D eigenvalue weighted by Gasteiger charge is 2.03. The predicted molar refractivity (Wildman–Crippen MR) is 80.0 cm³/mol. The SMILES string of the molecule is Clc1ccc(Cl)c(CCc2ccc3nc[nH]c3c2)c1. The van der Waals surface area contributed by atoms with Crippen LogP contribution in [0.5, 0.6) is 0 Å². The van der Waals surface area contributed by atoms with E-state index < -0.39 is 0 Å². The van der Waals surface area contributed by atoms with Crippen LogP contribution in [0.4, 0.5) is 0 Å². The Hall–Kier alpha value is -1.51. The van der Waals surface area contributed by atoms with Crippen LogP contribution in [0.15, 0.2) is 42.7 Å². The summed E-state index contributed by atoms with van der Waals surface area (Å²) >= 11 is 12.2. The minimum atomic E-state index is 0.725. The fourth-order valence-electron chi connectivity index (χ4n) is 2.15. The molecule has 0 amide bonds. The third-order valence-corrected chi connectivity index (χ3v) is 3.78. The second kappa shape index (κ2) is 5.24. The molecule has 19 heavy (non-hydrogen) atoms. The van der Waals surface area contributed by atoms with Gasteiger partial charge in [-0.15, -0.1) is 0 Å². The van der Waals surface area contributed by atoms with Gasteiger partial charge in [0.25, 0.3) is 0 Å². The second-order valence-electron chi connectivity index (χ2n) is 4.49. The van der Waals surface area contributed by atoms with E-state index in [-0.39, 0.29) is 0 Å². The Morgan fingerprint density at radius 3 is 2.79 bits per heavy atom. The van der Waals surface area contributed by atoms with Crippen molar-refractivity contribution in [3.63, 3.8) is 0 Å². The van der Waals surface area contributed by atoms with Crippen molar-refractivity contribution in [1.29, 1.82) is 0 Å². The van der Waals surface area contributed by atoms with E-state index in [0.717, 1.165) is 39.5 Å². The third-order valence-electron chi connectivity index (χ3n) is 3.18. The quantitative estimate of drug-likeness (QED) is 0.747. The lowest BCUT2D eigenvalue weighted by Gasteiger charge is -2.05. The molecular formula is C15H12Cl2N2. The maximum Gasteiger partial charge on any atom is 0.0931 e. The molecular weight excluding hydrogens is 279 g/mol. The summed E-state index contributed by atoms with van der Waals surface area (Å²) in [5.74, 6) is 0. The summed E-state index contributed by atoms with van der Waals surface area (Å²) in [5, 5.41) is 1.50. The van der Waals surface area contributed by atoms with Crippen LogP contribution in [0.3, 0.4) is 0 Å². The minimum absolute atomic E-state index is 0.725. The molecule has 1 heterocycles. The zero-order valence-electron chi connectivity index (χ0n) is 10.2. The van der Waals surface area contributed by atoms with E-state index in [1.54, 1.807) is 6.33 Å². The fraction of sp³-hybridized carbons (Fsp3) is 0.133.